The summed E-state index contributed by atoms with van der Waals surface area (Å²) >= 11 is 0. The van der Waals surface area contributed by atoms with E-state index in [9.17, 15) is 0 Å². The van der Waals surface area contributed by atoms with E-state index >= 15 is 0 Å². The number of hydrogen-bond acceptors (Lipinski definition) is 2. The van der Waals surface area contributed by atoms with Gasteiger partial charge in [-0.15, -0.1) is 0 Å². The van der Waals surface area contributed by atoms with Crippen molar-refractivity contribution in [1.82, 2.24) is 0 Å². The lowest BCUT2D eigenvalue weighted by molar-refractivity contribution is 0.640. The van der Waals surface area contributed by atoms with Crippen molar-refractivity contribution in [2.24, 2.45) is 0 Å². The molecule has 0 saturated heterocycles. The largest absolute Gasteiger partial charge is 0.399 e. The van der Waals surface area contributed by atoms with Gasteiger partial charge in [-0.05, 0) is 108 Å². The minimum atomic E-state index is 0.921. The summed E-state index contributed by atoms with van der Waals surface area (Å²) in [5.41, 5.74) is 25.0. The molecule has 0 unspecified atom stereocenters. The zero-order valence-corrected chi connectivity index (χ0v) is 24.7. The zero-order valence-electron chi connectivity index (χ0n) is 24.7. The monoisotopic (exact) mass is 532 g/mol. The van der Waals surface area contributed by atoms with Gasteiger partial charge >= 0.3 is 0 Å². The number of aryl methyl sites for hydroxylation is 4. The summed E-state index contributed by atoms with van der Waals surface area (Å²) in [7, 11) is 0. The summed E-state index contributed by atoms with van der Waals surface area (Å²) in [6.45, 7) is 4.41. The van der Waals surface area contributed by atoms with Gasteiger partial charge in [-0.25, -0.2) is 0 Å². The molecule has 0 aliphatic heterocycles. The molecule has 2 heteroatoms. The van der Waals surface area contributed by atoms with Crippen LogP contribution in [0.1, 0.15) is 96.9 Å². The molecular weight excluding hydrogens is 484 g/mol. The highest BCUT2D eigenvalue weighted by molar-refractivity contribution is 5.50. The van der Waals surface area contributed by atoms with Crippen LogP contribution >= 0.6 is 0 Å². The Morgan fingerprint density at radius 2 is 0.750 bits per heavy atom. The Bertz CT molecular complexity index is 1210. The van der Waals surface area contributed by atoms with Crippen molar-refractivity contribution in [3.8, 4) is 0 Å². The second kappa shape index (κ2) is 15.3. The molecule has 4 aromatic carbocycles. The standard InChI is InChI=1S/C38H48N2/c1-3-9-35-27-33(21-23-37(35)39)25-31-17-13-29(14-18-31)11-7-5-6-8-12-30-15-19-32(20-16-30)26-34-22-24-38(40)36(28-34)10-4-2/h13-24,27-28H,3-12,25-26,39-40H2,1-2H3. The number of rotatable bonds is 15. The zero-order chi connectivity index (χ0) is 28.2. The lowest BCUT2D eigenvalue weighted by Gasteiger charge is -2.09. The molecule has 0 amide bonds. The average Bonchev–Trinajstić information content (AvgIpc) is 2.96. The van der Waals surface area contributed by atoms with E-state index < -0.39 is 0 Å². The fourth-order valence-corrected chi connectivity index (χ4v) is 5.64. The van der Waals surface area contributed by atoms with Crippen LogP contribution in [0.4, 0.5) is 11.4 Å². The topological polar surface area (TPSA) is 52.0 Å². The molecule has 0 fully saturated rings. The van der Waals surface area contributed by atoms with Crippen molar-refractivity contribution in [2.45, 2.75) is 90.9 Å². The molecule has 2 nitrogen and oxygen atoms in total. The Morgan fingerprint density at radius 1 is 0.400 bits per heavy atom. The van der Waals surface area contributed by atoms with Crippen molar-refractivity contribution in [2.75, 3.05) is 11.5 Å². The van der Waals surface area contributed by atoms with E-state index in [1.165, 1.54) is 83.0 Å². The molecule has 0 atom stereocenters. The Balaban J connectivity index is 1.14. The third-order valence-electron chi connectivity index (χ3n) is 8.00. The molecule has 40 heavy (non-hydrogen) atoms. The number of nitrogen functional groups attached to an aromatic ring is 2. The number of unbranched alkanes of at least 4 members (excludes halogenated alkanes) is 3. The van der Waals surface area contributed by atoms with Gasteiger partial charge in [0.2, 0.25) is 0 Å². The van der Waals surface area contributed by atoms with Crippen LogP contribution in [0, 0.1) is 0 Å². The third kappa shape index (κ3) is 9.01. The van der Waals surface area contributed by atoms with E-state index in [1.54, 1.807) is 0 Å². The van der Waals surface area contributed by atoms with Crippen LogP contribution in [-0.2, 0) is 38.5 Å². The van der Waals surface area contributed by atoms with Gasteiger partial charge < -0.3 is 11.5 Å². The van der Waals surface area contributed by atoms with Gasteiger partial charge in [-0.1, -0.05) is 112 Å². The molecule has 0 spiro atoms. The van der Waals surface area contributed by atoms with Crippen molar-refractivity contribution >= 4 is 11.4 Å². The highest BCUT2D eigenvalue weighted by Crippen LogP contribution is 2.21. The van der Waals surface area contributed by atoms with Gasteiger partial charge in [0.15, 0.2) is 0 Å². The van der Waals surface area contributed by atoms with Crippen molar-refractivity contribution < 1.29 is 0 Å². The maximum absolute atomic E-state index is 6.14. The van der Waals surface area contributed by atoms with Crippen molar-refractivity contribution in [3.05, 3.63) is 129 Å². The highest BCUT2D eigenvalue weighted by atomic mass is 14.6. The summed E-state index contributed by atoms with van der Waals surface area (Å²) in [6, 6.07) is 31.5. The Kier molecular flexibility index (Phi) is 11.3. The Morgan fingerprint density at radius 3 is 1.12 bits per heavy atom. The van der Waals surface area contributed by atoms with E-state index in [2.05, 4.69) is 98.8 Å². The smallest absolute Gasteiger partial charge is 0.0346 e. The van der Waals surface area contributed by atoms with Crippen LogP contribution < -0.4 is 11.5 Å². The van der Waals surface area contributed by atoms with Gasteiger partial charge in [0, 0.05) is 11.4 Å². The summed E-state index contributed by atoms with van der Waals surface area (Å²) < 4.78 is 0. The number of benzene rings is 4. The summed E-state index contributed by atoms with van der Waals surface area (Å²) in [4.78, 5) is 0. The minimum Gasteiger partial charge on any atom is -0.399 e. The van der Waals surface area contributed by atoms with Crippen LogP contribution in [0.5, 0.6) is 0 Å². The molecule has 0 heterocycles. The first-order chi connectivity index (χ1) is 19.5. The van der Waals surface area contributed by atoms with Crippen molar-refractivity contribution in [3.63, 3.8) is 0 Å². The summed E-state index contributed by atoms with van der Waals surface area (Å²) in [6.07, 6.45) is 13.8. The molecule has 0 saturated carbocycles. The van der Waals surface area contributed by atoms with Crippen LogP contribution in [0.15, 0.2) is 84.9 Å². The normalized spacial score (nSPS) is 11.2. The van der Waals surface area contributed by atoms with E-state index in [-0.39, 0.29) is 0 Å². The van der Waals surface area contributed by atoms with Gasteiger partial charge in [0.25, 0.3) is 0 Å². The average molecular weight is 533 g/mol. The second-order valence-electron chi connectivity index (χ2n) is 11.5. The number of nitrogens with two attached hydrogens (primary N) is 2. The van der Waals surface area contributed by atoms with Crippen molar-refractivity contribution in [1.29, 1.82) is 0 Å². The molecule has 0 aromatic heterocycles. The molecule has 4 aromatic rings. The first kappa shape index (κ1) is 29.5. The maximum atomic E-state index is 6.14. The Labute approximate surface area is 242 Å². The van der Waals surface area contributed by atoms with E-state index in [0.717, 1.165) is 49.9 Å². The van der Waals surface area contributed by atoms with Gasteiger partial charge in [-0.2, -0.15) is 0 Å². The van der Waals surface area contributed by atoms with Crippen LogP contribution in [0.3, 0.4) is 0 Å². The molecular formula is C38H48N2. The number of anilines is 2. The fraction of sp³-hybridized carbons (Fsp3) is 0.368. The molecule has 4 N–H and O–H groups in total. The molecule has 0 aliphatic carbocycles. The van der Waals surface area contributed by atoms with E-state index in [4.69, 9.17) is 11.5 Å². The van der Waals surface area contributed by atoms with Crippen LogP contribution in [0.25, 0.3) is 0 Å². The first-order valence-corrected chi connectivity index (χ1v) is 15.4. The van der Waals surface area contributed by atoms with E-state index in [0.29, 0.717) is 0 Å². The van der Waals surface area contributed by atoms with Crippen LogP contribution in [-0.4, -0.2) is 0 Å². The lowest BCUT2D eigenvalue weighted by Crippen LogP contribution is -1.97. The minimum absolute atomic E-state index is 0.921. The molecule has 210 valence electrons. The molecule has 0 bridgehead atoms. The first-order valence-electron chi connectivity index (χ1n) is 15.4. The summed E-state index contributed by atoms with van der Waals surface area (Å²) in [5, 5.41) is 0. The predicted octanol–water partition coefficient (Wildman–Crippen LogP) is 9.28. The second-order valence-corrected chi connectivity index (χ2v) is 11.5. The highest BCUT2D eigenvalue weighted by Gasteiger charge is 2.05. The predicted molar refractivity (Wildman–Crippen MR) is 174 cm³/mol. The van der Waals surface area contributed by atoms with Gasteiger partial charge in [0.1, 0.15) is 0 Å². The summed E-state index contributed by atoms with van der Waals surface area (Å²) in [5.74, 6) is 0. The maximum Gasteiger partial charge on any atom is 0.0346 e. The van der Waals surface area contributed by atoms with Crippen LogP contribution in [0.2, 0.25) is 0 Å². The molecule has 0 aliphatic rings. The number of hydrogen-bond donors (Lipinski definition) is 2. The van der Waals surface area contributed by atoms with Gasteiger partial charge in [0.05, 0.1) is 0 Å². The molecule has 0 radical (unpaired) electrons. The quantitative estimate of drug-likeness (QED) is 0.118. The van der Waals surface area contributed by atoms with Gasteiger partial charge in [-0.3, -0.25) is 0 Å². The SMILES string of the molecule is CCCc1cc(Cc2ccc(CCCCCCc3ccc(Cc4ccc(N)c(CCC)c4)cc3)cc2)ccc1N. The molecule has 4 rings (SSSR count). The Hall–Kier alpha value is -3.52. The van der Waals surface area contributed by atoms with E-state index in [1.807, 2.05) is 0 Å². The third-order valence-corrected chi connectivity index (χ3v) is 8.00. The lowest BCUT2D eigenvalue weighted by atomic mass is 9.97. The fourth-order valence-electron chi connectivity index (χ4n) is 5.64.